The van der Waals surface area contributed by atoms with Gasteiger partial charge in [-0.1, -0.05) is 24.3 Å². The number of carbonyl (C=O) groups is 1. The lowest BCUT2D eigenvalue weighted by Gasteiger charge is -2.13. The summed E-state index contributed by atoms with van der Waals surface area (Å²) >= 11 is 0. The third-order valence-electron chi connectivity index (χ3n) is 3.65. The van der Waals surface area contributed by atoms with E-state index in [1.165, 1.54) is 6.92 Å². The van der Waals surface area contributed by atoms with Gasteiger partial charge in [-0.15, -0.1) is 0 Å². The molecule has 0 atom stereocenters. The minimum Gasteiger partial charge on any atom is -0.295 e. The maximum atomic E-state index is 12.9. The summed E-state index contributed by atoms with van der Waals surface area (Å²) in [6.45, 7) is 1.22. The summed E-state index contributed by atoms with van der Waals surface area (Å²) in [5, 5.41) is 0. The topological polar surface area (TPSA) is 51.2 Å². The second-order valence-corrected chi connectivity index (χ2v) is 7.63. The molecular weight excluding hydrogens is 410 g/mol. The van der Waals surface area contributed by atoms with Crippen LogP contribution in [-0.2, 0) is 16.0 Å². The van der Waals surface area contributed by atoms with Crippen molar-refractivity contribution in [3.05, 3.63) is 71.3 Å². The predicted octanol–water partition coefficient (Wildman–Crippen LogP) is 5.29. The third kappa shape index (κ3) is 5.00. The fourth-order valence-electron chi connectivity index (χ4n) is 2.28. The molecule has 0 aliphatic heterocycles. The Bertz CT molecular complexity index is 999. The van der Waals surface area contributed by atoms with Crippen LogP contribution in [0.5, 0.6) is 0 Å². The summed E-state index contributed by atoms with van der Waals surface area (Å²) in [6, 6.07) is 6.48. The Morgan fingerprint density at radius 1 is 0.821 bits per heavy atom. The highest BCUT2D eigenvalue weighted by atomic mass is 32.2. The summed E-state index contributed by atoms with van der Waals surface area (Å²) in [5.41, 5.74) is -1.34. The zero-order valence-electron chi connectivity index (χ0n) is 14.1. The van der Waals surface area contributed by atoms with Gasteiger partial charge in [0.1, 0.15) is 0 Å². The lowest BCUT2D eigenvalue weighted by molar-refractivity contribution is -0.137. The molecule has 0 unspecified atom stereocenters. The first-order valence-electron chi connectivity index (χ1n) is 7.55. The van der Waals surface area contributed by atoms with E-state index >= 15 is 0 Å². The molecule has 2 aromatic rings. The normalized spacial score (nSPS) is 13.5. The molecule has 0 N–H and O–H groups in total. The molecule has 150 valence electrons. The van der Waals surface area contributed by atoms with E-state index < -0.39 is 43.6 Å². The fourth-order valence-corrected chi connectivity index (χ4v) is 3.77. The van der Waals surface area contributed by atoms with Crippen LogP contribution in [0, 0.1) is 0 Å². The first-order valence-corrected chi connectivity index (χ1v) is 9.03. The molecule has 0 amide bonds. The van der Waals surface area contributed by atoms with Crippen molar-refractivity contribution in [1.82, 2.24) is 0 Å². The van der Waals surface area contributed by atoms with Gasteiger partial charge in [0.2, 0.25) is 9.84 Å². The number of hydrogen-bond acceptors (Lipinski definition) is 3. The Kier molecular flexibility index (Phi) is 5.74. The molecule has 0 saturated heterocycles. The molecule has 28 heavy (non-hydrogen) atoms. The van der Waals surface area contributed by atoms with E-state index in [0.29, 0.717) is 24.3 Å². The molecule has 0 fully saturated rings. The Balaban J connectivity index is 2.60. The van der Waals surface area contributed by atoms with Crippen LogP contribution in [0.1, 0.15) is 28.4 Å². The molecule has 3 nitrogen and oxygen atoms in total. The van der Waals surface area contributed by atoms with Gasteiger partial charge in [-0.3, -0.25) is 4.79 Å². The lowest BCUT2D eigenvalue weighted by atomic mass is 10.1. The second-order valence-electron chi connectivity index (χ2n) is 5.71. The van der Waals surface area contributed by atoms with Crippen molar-refractivity contribution >= 4 is 20.5 Å². The highest BCUT2D eigenvalue weighted by molar-refractivity contribution is 8.00. The van der Waals surface area contributed by atoms with Crippen LogP contribution in [0.25, 0.3) is 4.91 Å². The number of carbonyl (C=O) groups excluding carboxylic acids is 1. The van der Waals surface area contributed by atoms with Crippen molar-refractivity contribution in [3.63, 3.8) is 0 Å². The zero-order chi connectivity index (χ0) is 21.3. The van der Waals surface area contributed by atoms with Crippen molar-refractivity contribution in [1.29, 1.82) is 0 Å². The SMILES string of the molecule is CC(=O)c1ccc(/C(=C\C(F)(F)F)S(=O)(=O)c2ccc(C(F)(F)F)cc2)cc1. The van der Waals surface area contributed by atoms with Crippen LogP contribution in [-0.4, -0.2) is 20.4 Å². The van der Waals surface area contributed by atoms with Gasteiger partial charge in [0, 0.05) is 11.6 Å². The average Bonchev–Trinajstić information content (AvgIpc) is 2.58. The summed E-state index contributed by atoms with van der Waals surface area (Å²) in [5.74, 6) is -0.376. The summed E-state index contributed by atoms with van der Waals surface area (Å²) in [6.07, 6.45) is -10.2. The van der Waals surface area contributed by atoms with Crippen molar-refractivity contribution in [3.8, 4) is 0 Å². The minimum absolute atomic E-state index is 0.155. The maximum absolute atomic E-state index is 12.9. The number of Topliss-reactive ketones (excluding diaryl/α,β-unsaturated/α-hetero) is 1. The molecule has 0 heterocycles. The number of allylic oxidation sites excluding steroid dienone is 1. The molecule has 0 saturated carbocycles. The van der Waals surface area contributed by atoms with Gasteiger partial charge in [-0.25, -0.2) is 8.42 Å². The predicted molar refractivity (Wildman–Crippen MR) is 89.1 cm³/mol. The molecule has 0 aliphatic rings. The van der Waals surface area contributed by atoms with Crippen molar-refractivity contribution in [2.75, 3.05) is 0 Å². The van der Waals surface area contributed by atoms with Gasteiger partial charge in [-0.05, 0) is 36.8 Å². The number of alkyl halides is 6. The zero-order valence-corrected chi connectivity index (χ0v) is 14.9. The molecule has 0 aromatic heterocycles. The monoisotopic (exact) mass is 422 g/mol. The van der Waals surface area contributed by atoms with Crippen molar-refractivity contribution < 1.29 is 39.6 Å². The van der Waals surface area contributed by atoms with E-state index in [1.54, 1.807) is 0 Å². The largest absolute Gasteiger partial charge is 0.416 e. The maximum Gasteiger partial charge on any atom is 0.416 e. The van der Waals surface area contributed by atoms with E-state index in [9.17, 15) is 39.6 Å². The van der Waals surface area contributed by atoms with Crippen LogP contribution in [0.3, 0.4) is 0 Å². The first-order chi connectivity index (χ1) is 12.7. The van der Waals surface area contributed by atoms with Gasteiger partial charge in [0.05, 0.1) is 15.4 Å². The molecular formula is C18H12F6O3S. The van der Waals surface area contributed by atoms with Gasteiger partial charge >= 0.3 is 12.4 Å². The molecule has 2 aromatic carbocycles. The lowest BCUT2D eigenvalue weighted by Crippen LogP contribution is -2.11. The van der Waals surface area contributed by atoms with E-state index in [4.69, 9.17) is 0 Å². The van der Waals surface area contributed by atoms with Crippen LogP contribution in [0.15, 0.2) is 59.5 Å². The number of benzene rings is 2. The Morgan fingerprint density at radius 3 is 1.68 bits per heavy atom. The van der Waals surface area contributed by atoms with E-state index in [-0.39, 0.29) is 16.9 Å². The highest BCUT2D eigenvalue weighted by Gasteiger charge is 2.33. The quantitative estimate of drug-likeness (QED) is 0.497. The Morgan fingerprint density at radius 2 is 1.29 bits per heavy atom. The number of halogens is 6. The van der Waals surface area contributed by atoms with E-state index in [0.717, 1.165) is 24.3 Å². The molecule has 0 spiro atoms. The van der Waals surface area contributed by atoms with Crippen molar-refractivity contribution in [2.45, 2.75) is 24.2 Å². The summed E-state index contributed by atoms with van der Waals surface area (Å²) in [7, 11) is -4.79. The molecule has 0 bridgehead atoms. The third-order valence-corrected chi connectivity index (χ3v) is 5.48. The van der Waals surface area contributed by atoms with E-state index in [1.807, 2.05) is 0 Å². The average molecular weight is 422 g/mol. The van der Waals surface area contributed by atoms with Gasteiger partial charge in [-0.2, -0.15) is 26.3 Å². The molecule has 2 rings (SSSR count). The highest BCUT2D eigenvalue weighted by Crippen LogP contribution is 2.34. The van der Waals surface area contributed by atoms with Crippen LogP contribution in [0.2, 0.25) is 0 Å². The Hall–Kier alpha value is -2.62. The van der Waals surface area contributed by atoms with Gasteiger partial charge < -0.3 is 0 Å². The van der Waals surface area contributed by atoms with E-state index in [2.05, 4.69) is 0 Å². The number of sulfone groups is 1. The number of ketones is 1. The summed E-state index contributed by atoms with van der Waals surface area (Å²) < 4.78 is 102. The minimum atomic E-state index is -5.01. The van der Waals surface area contributed by atoms with Crippen molar-refractivity contribution in [2.24, 2.45) is 0 Å². The summed E-state index contributed by atoms with van der Waals surface area (Å²) in [4.78, 5) is 9.41. The second kappa shape index (κ2) is 7.42. The van der Waals surface area contributed by atoms with Crippen LogP contribution >= 0.6 is 0 Å². The molecule has 0 radical (unpaired) electrons. The standard InChI is InChI=1S/C18H12F6O3S/c1-11(25)12-2-4-13(5-3-12)16(10-17(19,20)21)28(26,27)15-8-6-14(7-9-15)18(22,23)24/h2-10H,1H3/b16-10+. The van der Waals surface area contributed by atoms with Gasteiger partial charge in [0.25, 0.3) is 0 Å². The fraction of sp³-hybridized carbons (Fsp3) is 0.167. The Labute approximate surface area is 156 Å². The molecule has 0 aliphatic carbocycles. The smallest absolute Gasteiger partial charge is 0.295 e. The van der Waals surface area contributed by atoms with Gasteiger partial charge in [0.15, 0.2) is 5.78 Å². The first kappa shape index (κ1) is 21.7. The number of rotatable bonds is 4. The molecule has 10 heteroatoms. The number of hydrogen-bond donors (Lipinski definition) is 0. The van der Waals surface area contributed by atoms with Crippen LogP contribution in [0.4, 0.5) is 26.3 Å². The van der Waals surface area contributed by atoms with Crippen LogP contribution < -0.4 is 0 Å².